The van der Waals surface area contributed by atoms with Crippen LogP contribution < -0.4 is 4.90 Å². The maximum atomic E-state index is 11.3. The predicted molar refractivity (Wildman–Crippen MR) is 70.2 cm³/mol. The van der Waals surface area contributed by atoms with Crippen molar-refractivity contribution in [2.45, 2.75) is 25.8 Å². The number of rotatable bonds is 2. The Morgan fingerprint density at radius 1 is 1.56 bits per heavy atom. The van der Waals surface area contributed by atoms with Crippen molar-refractivity contribution in [3.63, 3.8) is 0 Å². The molecule has 0 aliphatic carbocycles. The average Bonchev–Trinajstić information content (AvgIpc) is 2.96. The second-order valence-electron chi connectivity index (χ2n) is 4.49. The van der Waals surface area contributed by atoms with Gasteiger partial charge in [0.1, 0.15) is 23.0 Å². The van der Waals surface area contributed by atoms with Gasteiger partial charge in [0, 0.05) is 6.54 Å². The van der Waals surface area contributed by atoms with E-state index < -0.39 is 12.0 Å². The van der Waals surface area contributed by atoms with Crippen LogP contribution >= 0.6 is 11.3 Å². The van der Waals surface area contributed by atoms with Gasteiger partial charge >= 0.3 is 5.97 Å². The van der Waals surface area contributed by atoms with Crippen molar-refractivity contribution in [2.75, 3.05) is 11.4 Å². The fourth-order valence-corrected chi connectivity index (χ4v) is 3.38. The Balaban J connectivity index is 2.14. The molecule has 6 heteroatoms. The van der Waals surface area contributed by atoms with Crippen LogP contribution in [0.5, 0.6) is 0 Å². The number of aryl methyl sites for hydroxylation is 1. The second kappa shape index (κ2) is 4.20. The molecule has 2 aromatic rings. The fraction of sp³-hybridized carbons (Fsp3) is 0.417. The minimum atomic E-state index is -0.771. The second-order valence-corrected chi connectivity index (χ2v) is 5.34. The van der Waals surface area contributed by atoms with Gasteiger partial charge in [0.25, 0.3) is 0 Å². The summed E-state index contributed by atoms with van der Waals surface area (Å²) in [6.07, 6.45) is 3.10. The number of carboxylic acid groups (broad SMARTS) is 1. The minimum absolute atomic E-state index is 0.456. The molecule has 0 saturated carbocycles. The number of fused-ring (bicyclic) bond motifs is 1. The zero-order valence-electron chi connectivity index (χ0n) is 9.96. The Kier molecular flexibility index (Phi) is 2.66. The van der Waals surface area contributed by atoms with Crippen LogP contribution in [0.25, 0.3) is 10.2 Å². The first-order chi connectivity index (χ1) is 8.68. The van der Waals surface area contributed by atoms with Gasteiger partial charge in [-0.3, -0.25) is 0 Å². The van der Waals surface area contributed by atoms with Gasteiger partial charge in [0.2, 0.25) is 0 Å². The summed E-state index contributed by atoms with van der Waals surface area (Å²) in [5.74, 6) is -0.00389. The van der Waals surface area contributed by atoms with Crippen molar-refractivity contribution in [2.24, 2.45) is 0 Å². The van der Waals surface area contributed by atoms with E-state index in [4.69, 9.17) is 0 Å². The van der Waals surface area contributed by atoms with Gasteiger partial charge in [-0.25, -0.2) is 14.8 Å². The Hall–Kier alpha value is -1.69. The highest BCUT2D eigenvalue weighted by molar-refractivity contribution is 7.17. The zero-order valence-corrected chi connectivity index (χ0v) is 10.8. The van der Waals surface area contributed by atoms with E-state index in [1.807, 2.05) is 17.2 Å². The molecule has 3 heterocycles. The van der Waals surface area contributed by atoms with Gasteiger partial charge in [0.15, 0.2) is 0 Å². The molecular weight excluding hydrogens is 250 g/mol. The van der Waals surface area contributed by atoms with E-state index in [2.05, 4.69) is 9.97 Å². The largest absolute Gasteiger partial charge is 0.480 e. The molecule has 18 heavy (non-hydrogen) atoms. The lowest BCUT2D eigenvalue weighted by atomic mass is 10.2. The average molecular weight is 263 g/mol. The molecule has 0 radical (unpaired) electrons. The van der Waals surface area contributed by atoms with Gasteiger partial charge in [-0.1, -0.05) is 0 Å². The Labute approximate surface area is 108 Å². The fourth-order valence-electron chi connectivity index (χ4n) is 2.49. The van der Waals surface area contributed by atoms with Gasteiger partial charge in [-0.05, 0) is 30.7 Å². The maximum Gasteiger partial charge on any atom is 0.326 e. The lowest BCUT2D eigenvalue weighted by molar-refractivity contribution is -0.138. The van der Waals surface area contributed by atoms with Gasteiger partial charge in [-0.2, -0.15) is 0 Å². The molecule has 1 aliphatic rings. The van der Waals surface area contributed by atoms with Crippen LogP contribution in [-0.4, -0.2) is 33.6 Å². The van der Waals surface area contributed by atoms with Crippen molar-refractivity contribution in [3.05, 3.63) is 17.3 Å². The van der Waals surface area contributed by atoms with Crippen LogP contribution in [0.4, 0.5) is 5.82 Å². The van der Waals surface area contributed by atoms with Crippen LogP contribution in [0, 0.1) is 6.92 Å². The summed E-state index contributed by atoms with van der Waals surface area (Å²) in [4.78, 5) is 22.6. The summed E-state index contributed by atoms with van der Waals surface area (Å²) in [5.41, 5.74) is 1.11. The van der Waals surface area contributed by atoms with Crippen LogP contribution in [0.3, 0.4) is 0 Å². The number of aromatic nitrogens is 2. The number of carboxylic acids is 1. The molecule has 1 N–H and O–H groups in total. The molecule has 5 nitrogen and oxygen atoms in total. The molecular formula is C12H13N3O2S. The number of nitrogens with zero attached hydrogens (tertiary/aromatic N) is 3. The van der Waals surface area contributed by atoms with E-state index in [1.54, 1.807) is 11.3 Å². The summed E-state index contributed by atoms with van der Waals surface area (Å²) in [6.45, 7) is 2.76. The first-order valence-electron chi connectivity index (χ1n) is 5.86. The smallest absolute Gasteiger partial charge is 0.326 e. The quantitative estimate of drug-likeness (QED) is 0.898. The molecule has 1 unspecified atom stereocenters. The number of thiophene rings is 1. The molecule has 1 atom stereocenters. The standard InChI is InChI=1S/C12H13N3O2S/c1-7-5-18-11-9(7)10(13-6-14-11)15-4-2-3-8(15)12(16)17/h5-6,8H,2-4H2,1H3,(H,16,17). The van der Waals surface area contributed by atoms with Crippen molar-refractivity contribution in [3.8, 4) is 0 Å². The van der Waals surface area contributed by atoms with Crippen LogP contribution in [-0.2, 0) is 4.79 Å². The van der Waals surface area contributed by atoms with Crippen molar-refractivity contribution >= 4 is 33.3 Å². The molecule has 94 valence electrons. The molecule has 1 fully saturated rings. The maximum absolute atomic E-state index is 11.3. The number of hydrogen-bond donors (Lipinski definition) is 1. The first-order valence-corrected chi connectivity index (χ1v) is 6.74. The Morgan fingerprint density at radius 3 is 3.17 bits per heavy atom. The third-order valence-electron chi connectivity index (χ3n) is 3.34. The Morgan fingerprint density at radius 2 is 2.39 bits per heavy atom. The summed E-state index contributed by atoms with van der Waals surface area (Å²) < 4.78 is 0. The first kappa shape index (κ1) is 11.4. The molecule has 1 aliphatic heterocycles. The highest BCUT2D eigenvalue weighted by Gasteiger charge is 2.32. The molecule has 0 spiro atoms. The van der Waals surface area contributed by atoms with Gasteiger partial charge in [0.05, 0.1) is 5.39 Å². The van der Waals surface area contributed by atoms with Gasteiger partial charge in [-0.15, -0.1) is 11.3 Å². The molecule has 0 amide bonds. The van der Waals surface area contributed by atoms with Crippen molar-refractivity contribution in [1.82, 2.24) is 9.97 Å². The molecule has 2 aromatic heterocycles. The van der Waals surface area contributed by atoms with E-state index in [9.17, 15) is 9.90 Å². The number of hydrogen-bond acceptors (Lipinski definition) is 5. The van der Waals surface area contributed by atoms with Crippen molar-refractivity contribution in [1.29, 1.82) is 0 Å². The molecule has 1 saturated heterocycles. The van der Waals surface area contributed by atoms with E-state index in [0.29, 0.717) is 6.42 Å². The monoisotopic (exact) mass is 263 g/mol. The topological polar surface area (TPSA) is 66.3 Å². The summed E-state index contributed by atoms with van der Waals surface area (Å²) >= 11 is 1.57. The lowest BCUT2D eigenvalue weighted by Gasteiger charge is -2.23. The third kappa shape index (κ3) is 1.64. The third-order valence-corrected chi connectivity index (χ3v) is 4.35. The van der Waals surface area contributed by atoms with Crippen LogP contribution in [0.15, 0.2) is 11.7 Å². The Bertz CT molecular complexity index is 610. The number of anilines is 1. The normalized spacial score (nSPS) is 19.6. The van der Waals surface area contributed by atoms with Crippen molar-refractivity contribution < 1.29 is 9.90 Å². The highest BCUT2D eigenvalue weighted by atomic mass is 32.1. The summed E-state index contributed by atoms with van der Waals surface area (Å²) in [6, 6.07) is -0.456. The zero-order chi connectivity index (χ0) is 12.7. The number of carbonyl (C=O) groups is 1. The summed E-state index contributed by atoms with van der Waals surface area (Å²) in [5, 5.41) is 12.3. The van der Waals surface area contributed by atoms with Gasteiger partial charge < -0.3 is 10.0 Å². The molecule has 3 rings (SSSR count). The van der Waals surface area contributed by atoms with Crippen LogP contribution in [0.2, 0.25) is 0 Å². The number of aliphatic carboxylic acids is 1. The van der Waals surface area contributed by atoms with E-state index in [0.717, 1.165) is 34.6 Å². The van der Waals surface area contributed by atoms with E-state index in [1.165, 1.54) is 6.33 Å². The molecule has 0 aromatic carbocycles. The SMILES string of the molecule is Cc1csc2ncnc(N3CCCC3C(=O)O)c12. The minimum Gasteiger partial charge on any atom is -0.480 e. The summed E-state index contributed by atoms with van der Waals surface area (Å²) in [7, 11) is 0. The predicted octanol–water partition coefficient (Wildman–Crippen LogP) is 2.05. The lowest BCUT2D eigenvalue weighted by Crippen LogP contribution is -2.36. The van der Waals surface area contributed by atoms with E-state index >= 15 is 0 Å². The molecule has 0 bridgehead atoms. The van der Waals surface area contributed by atoms with Crippen LogP contribution in [0.1, 0.15) is 18.4 Å². The van der Waals surface area contributed by atoms with E-state index in [-0.39, 0.29) is 0 Å². The highest BCUT2D eigenvalue weighted by Crippen LogP contribution is 2.34.